The van der Waals surface area contributed by atoms with E-state index in [4.69, 9.17) is 4.74 Å². The van der Waals surface area contributed by atoms with E-state index in [9.17, 15) is 14.3 Å². The van der Waals surface area contributed by atoms with Crippen LogP contribution in [-0.4, -0.2) is 46.4 Å². The number of aromatic hydroxyl groups is 1. The van der Waals surface area contributed by atoms with Gasteiger partial charge in [-0.2, -0.15) is 5.10 Å². The van der Waals surface area contributed by atoms with Crippen LogP contribution in [0.2, 0.25) is 0 Å². The Bertz CT molecular complexity index is 1060. The number of benzene rings is 2. The largest absolute Gasteiger partial charge is 0.507 e. The molecule has 4 rings (SSSR count). The summed E-state index contributed by atoms with van der Waals surface area (Å²) in [6, 6.07) is 11.0. The lowest BCUT2D eigenvalue weighted by molar-refractivity contribution is 0.0721. The molecule has 1 aliphatic heterocycles. The maximum absolute atomic E-state index is 14.8. The summed E-state index contributed by atoms with van der Waals surface area (Å²) >= 11 is 0. The number of aryl methyl sites for hydroxylation is 1. The highest BCUT2D eigenvalue weighted by atomic mass is 19.1. The molecule has 2 heterocycles. The first kappa shape index (κ1) is 19.1. The number of phenols is 1. The summed E-state index contributed by atoms with van der Waals surface area (Å²) in [5.74, 6) is -0.576. The number of nitrogens with zero attached hydrogens (tertiary/aromatic N) is 2. The van der Waals surface area contributed by atoms with Gasteiger partial charge in [0.1, 0.15) is 23.0 Å². The SMILES string of the molecule is COCCCN1C(=O)c2[nH]nc(-c3cc(C)ccc3O)c2[C@@H]1c1ccccc1F. The molecule has 3 aromatic rings. The molecule has 0 radical (unpaired) electrons. The highest BCUT2D eigenvalue weighted by molar-refractivity contribution is 6.00. The van der Waals surface area contributed by atoms with Crippen molar-refractivity contribution in [3.8, 4) is 17.0 Å². The van der Waals surface area contributed by atoms with E-state index in [-0.39, 0.29) is 11.7 Å². The molecule has 150 valence electrons. The zero-order chi connectivity index (χ0) is 20.5. The summed E-state index contributed by atoms with van der Waals surface area (Å²) in [5, 5.41) is 17.5. The normalized spacial score (nSPS) is 15.8. The summed E-state index contributed by atoms with van der Waals surface area (Å²) in [5.41, 5.74) is 3.21. The number of amides is 1. The van der Waals surface area contributed by atoms with Gasteiger partial charge in [-0.3, -0.25) is 9.89 Å². The minimum Gasteiger partial charge on any atom is -0.507 e. The average molecular weight is 395 g/mol. The molecule has 0 fully saturated rings. The fraction of sp³-hybridized carbons (Fsp3) is 0.273. The minimum atomic E-state index is -0.635. The summed E-state index contributed by atoms with van der Waals surface area (Å²) in [6.45, 7) is 2.81. The molecule has 0 saturated carbocycles. The number of halogens is 1. The summed E-state index contributed by atoms with van der Waals surface area (Å²) in [4.78, 5) is 14.7. The minimum absolute atomic E-state index is 0.0578. The number of ether oxygens (including phenoxy) is 1. The molecule has 0 saturated heterocycles. The highest BCUT2D eigenvalue weighted by Gasteiger charge is 2.43. The zero-order valence-electron chi connectivity index (χ0n) is 16.3. The number of phenolic OH excluding ortho intramolecular Hbond substituents is 1. The number of nitrogens with one attached hydrogen (secondary N) is 1. The number of fused-ring (bicyclic) bond motifs is 1. The van der Waals surface area contributed by atoms with Crippen LogP contribution < -0.4 is 0 Å². The number of methoxy groups -OCH3 is 1. The van der Waals surface area contributed by atoms with Crippen LogP contribution in [0.1, 0.15) is 39.6 Å². The topological polar surface area (TPSA) is 78.5 Å². The van der Waals surface area contributed by atoms with E-state index >= 15 is 0 Å². The molecule has 1 aliphatic rings. The van der Waals surface area contributed by atoms with Crippen LogP contribution in [-0.2, 0) is 4.74 Å². The fourth-order valence-electron chi connectivity index (χ4n) is 3.87. The van der Waals surface area contributed by atoms with Crippen LogP contribution in [0.5, 0.6) is 5.75 Å². The van der Waals surface area contributed by atoms with Gasteiger partial charge in [-0.05, 0) is 31.5 Å². The van der Waals surface area contributed by atoms with Crippen LogP contribution in [0, 0.1) is 12.7 Å². The lowest BCUT2D eigenvalue weighted by Crippen LogP contribution is -2.31. The van der Waals surface area contributed by atoms with E-state index in [1.807, 2.05) is 13.0 Å². The van der Waals surface area contributed by atoms with Crippen molar-refractivity contribution in [2.45, 2.75) is 19.4 Å². The molecule has 1 aromatic heterocycles. The Morgan fingerprint density at radius 2 is 2.07 bits per heavy atom. The van der Waals surface area contributed by atoms with Crippen molar-refractivity contribution in [1.29, 1.82) is 0 Å². The van der Waals surface area contributed by atoms with Crippen molar-refractivity contribution in [1.82, 2.24) is 15.1 Å². The third-order valence-electron chi connectivity index (χ3n) is 5.22. The van der Waals surface area contributed by atoms with Crippen LogP contribution in [0.25, 0.3) is 11.3 Å². The fourth-order valence-corrected chi connectivity index (χ4v) is 3.87. The standard InChI is InChI=1S/C22H22FN3O3/c1-13-8-9-17(27)15(12-13)19-18-20(25-24-19)22(28)26(10-5-11-29-2)21(18)14-6-3-4-7-16(14)23/h3-4,6-9,12,21,27H,5,10-11H2,1-2H3,(H,24,25)/t21-/m0/s1. The molecule has 0 aliphatic carbocycles. The Kier molecular flexibility index (Phi) is 5.07. The van der Waals surface area contributed by atoms with Crippen LogP contribution in [0.3, 0.4) is 0 Å². The molecule has 1 atom stereocenters. The Labute approximate surface area is 167 Å². The second kappa shape index (κ2) is 7.67. The van der Waals surface area contributed by atoms with Gasteiger partial charge in [0.15, 0.2) is 0 Å². The first-order chi connectivity index (χ1) is 14.0. The van der Waals surface area contributed by atoms with Gasteiger partial charge in [0.2, 0.25) is 0 Å². The van der Waals surface area contributed by atoms with Gasteiger partial charge in [-0.15, -0.1) is 0 Å². The molecule has 6 nitrogen and oxygen atoms in total. The lowest BCUT2D eigenvalue weighted by atomic mass is 9.94. The summed E-state index contributed by atoms with van der Waals surface area (Å²) in [7, 11) is 1.60. The lowest BCUT2D eigenvalue weighted by Gasteiger charge is -2.26. The summed E-state index contributed by atoms with van der Waals surface area (Å²) < 4.78 is 19.9. The molecule has 0 unspecified atom stereocenters. The molecule has 29 heavy (non-hydrogen) atoms. The zero-order valence-corrected chi connectivity index (χ0v) is 16.3. The first-order valence-electron chi connectivity index (χ1n) is 9.45. The smallest absolute Gasteiger partial charge is 0.273 e. The molecule has 2 aromatic carbocycles. The van der Waals surface area contributed by atoms with Crippen LogP contribution in [0.4, 0.5) is 4.39 Å². The van der Waals surface area contributed by atoms with Crippen molar-refractivity contribution < 1.29 is 19.0 Å². The Balaban J connectivity index is 1.88. The molecule has 0 bridgehead atoms. The number of hydrogen-bond acceptors (Lipinski definition) is 4. The number of carbonyl (C=O) groups is 1. The highest BCUT2D eigenvalue weighted by Crippen LogP contribution is 2.45. The predicted molar refractivity (Wildman–Crippen MR) is 106 cm³/mol. The number of H-pyrrole nitrogens is 1. The second-order valence-electron chi connectivity index (χ2n) is 7.15. The van der Waals surface area contributed by atoms with Crippen molar-refractivity contribution in [2.24, 2.45) is 0 Å². The molecule has 2 N–H and O–H groups in total. The maximum atomic E-state index is 14.8. The van der Waals surface area contributed by atoms with Gasteiger partial charge >= 0.3 is 0 Å². The Hall–Kier alpha value is -3.19. The third kappa shape index (κ3) is 3.27. The van der Waals surface area contributed by atoms with Crippen molar-refractivity contribution >= 4 is 5.91 Å². The van der Waals surface area contributed by atoms with Crippen LogP contribution in [0.15, 0.2) is 42.5 Å². The second-order valence-corrected chi connectivity index (χ2v) is 7.15. The Morgan fingerprint density at radius 3 is 2.83 bits per heavy atom. The number of aromatic nitrogens is 2. The third-order valence-corrected chi connectivity index (χ3v) is 5.22. The number of rotatable bonds is 6. The van der Waals surface area contributed by atoms with Gasteiger partial charge < -0.3 is 14.7 Å². The molecular weight excluding hydrogens is 373 g/mol. The van der Waals surface area contributed by atoms with Gasteiger partial charge in [0.05, 0.1) is 6.04 Å². The maximum Gasteiger partial charge on any atom is 0.273 e. The van der Waals surface area contributed by atoms with E-state index in [0.717, 1.165) is 5.56 Å². The van der Waals surface area contributed by atoms with E-state index in [1.54, 1.807) is 42.3 Å². The van der Waals surface area contributed by atoms with Crippen molar-refractivity contribution in [2.75, 3.05) is 20.3 Å². The van der Waals surface area contributed by atoms with Crippen LogP contribution >= 0.6 is 0 Å². The van der Waals surface area contributed by atoms with Gasteiger partial charge in [0, 0.05) is 37.0 Å². The number of aromatic amines is 1. The van der Waals surface area contributed by atoms with E-state index in [2.05, 4.69) is 10.2 Å². The summed E-state index contributed by atoms with van der Waals surface area (Å²) in [6.07, 6.45) is 0.621. The monoisotopic (exact) mass is 395 g/mol. The van der Waals surface area contributed by atoms with Gasteiger partial charge in [-0.1, -0.05) is 29.8 Å². The molecular formula is C22H22FN3O3. The molecule has 0 spiro atoms. The van der Waals surface area contributed by atoms with Crippen molar-refractivity contribution in [3.63, 3.8) is 0 Å². The molecule has 1 amide bonds. The Morgan fingerprint density at radius 1 is 1.28 bits per heavy atom. The van der Waals surface area contributed by atoms with Gasteiger partial charge in [-0.25, -0.2) is 4.39 Å². The number of carbonyl (C=O) groups excluding carboxylic acids is 1. The van der Waals surface area contributed by atoms with Crippen molar-refractivity contribution in [3.05, 3.63) is 70.7 Å². The van der Waals surface area contributed by atoms with Gasteiger partial charge in [0.25, 0.3) is 5.91 Å². The number of hydrogen-bond donors (Lipinski definition) is 2. The molecule has 7 heteroatoms. The first-order valence-corrected chi connectivity index (χ1v) is 9.45. The van der Waals surface area contributed by atoms with E-state index in [0.29, 0.717) is 47.7 Å². The van der Waals surface area contributed by atoms with E-state index in [1.165, 1.54) is 6.07 Å². The average Bonchev–Trinajstić information content (AvgIpc) is 3.24. The quantitative estimate of drug-likeness (QED) is 0.622. The predicted octanol–water partition coefficient (Wildman–Crippen LogP) is 3.81. The van der Waals surface area contributed by atoms with E-state index < -0.39 is 11.9 Å².